The Balaban J connectivity index is 2.01. The first-order chi connectivity index (χ1) is 11.0. The van der Waals surface area contributed by atoms with Crippen LogP contribution in [0.1, 0.15) is 12.6 Å². The molecule has 0 radical (unpaired) electrons. The van der Waals surface area contributed by atoms with E-state index in [0.29, 0.717) is 10.9 Å². The molecule has 8 nitrogen and oxygen atoms in total. The van der Waals surface area contributed by atoms with Crippen molar-refractivity contribution in [3.05, 3.63) is 46.1 Å². The maximum Gasteiger partial charge on any atom is 0.368 e. The maximum absolute atomic E-state index is 12.1. The zero-order chi connectivity index (χ0) is 16.6. The van der Waals surface area contributed by atoms with E-state index in [1.807, 2.05) is 11.6 Å². The summed E-state index contributed by atoms with van der Waals surface area (Å²) in [6.45, 7) is 3.97. The van der Waals surface area contributed by atoms with Gasteiger partial charge in [-0.15, -0.1) is 0 Å². The van der Waals surface area contributed by atoms with Gasteiger partial charge >= 0.3 is 5.69 Å². The summed E-state index contributed by atoms with van der Waals surface area (Å²) in [4.78, 5) is 16.0. The minimum atomic E-state index is -0.352. The van der Waals surface area contributed by atoms with Crippen molar-refractivity contribution in [2.75, 3.05) is 0 Å². The topological polar surface area (TPSA) is 79.8 Å². The number of nitrogens with zero attached hydrogens (tertiary/aromatic N) is 6. The Kier molecular flexibility index (Phi) is 3.31. The fraction of sp³-hybridized carbons (Fsp3) is 0.231. The summed E-state index contributed by atoms with van der Waals surface area (Å²) in [7, 11) is 3.38. The first-order valence-electron chi connectivity index (χ1n) is 6.86. The van der Waals surface area contributed by atoms with E-state index in [4.69, 9.17) is 6.11 Å². The quantitative estimate of drug-likeness (QED) is 0.700. The van der Waals surface area contributed by atoms with Gasteiger partial charge in [-0.25, -0.2) is 9.78 Å². The van der Waals surface area contributed by atoms with Crippen LogP contribution in [0.5, 0.6) is 5.19 Å². The molecule has 0 fully saturated rings. The number of rotatable bonds is 5. The van der Waals surface area contributed by atoms with Crippen molar-refractivity contribution in [3.63, 3.8) is 0 Å². The molecule has 9 heteroatoms. The molecule has 0 atom stereocenters. The van der Waals surface area contributed by atoms with Crippen molar-refractivity contribution in [3.8, 4) is 10.9 Å². The summed E-state index contributed by atoms with van der Waals surface area (Å²) < 4.78 is 17.3. The van der Waals surface area contributed by atoms with Crippen LogP contribution in [0.25, 0.3) is 11.8 Å². The molecule has 3 aromatic heterocycles. The highest BCUT2D eigenvalue weighted by Gasteiger charge is 2.18. The number of aryl methyl sites for hydroxylation is 2. The largest absolute Gasteiger partial charge is 0.465 e. The van der Waals surface area contributed by atoms with E-state index in [1.165, 1.54) is 23.1 Å². The number of ether oxygens (including phenoxy) is 1. The molecule has 0 aliphatic carbocycles. The average Bonchev–Trinajstić information content (AvgIpc) is 3.17. The molecule has 0 spiro atoms. The van der Waals surface area contributed by atoms with E-state index in [9.17, 15) is 4.79 Å². The maximum atomic E-state index is 12.1. The van der Waals surface area contributed by atoms with Crippen LogP contribution in [0.2, 0.25) is 0 Å². The van der Waals surface area contributed by atoms with Gasteiger partial charge in [-0.1, -0.05) is 17.9 Å². The van der Waals surface area contributed by atoms with Gasteiger partial charge in [-0.05, 0) is 16.5 Å². The Labute approximate surface area is 131 Å². The molecule has 0 aliphatic heterocycles. The lowest BCUT2D eigenvalue weighted by atomic mass is 10.2. The Morgan fingerprint density at radius 1 is 1.50 bits per heavy atom. The molecule has 3 aromatic rings. The van der Waals surface area contributed by atoms with Crippen molar-refractivity contribution >= 4 is 17.4 Å². The molecule has 0 saturated carbocycles. The fourth-order valence-corrected chi connectivity index (χ4v) is 2.56. The number of hydrogen-bond acceptors (Lipinski definition) is 6. The van der Waals surface area contributed by atoms with Crippen molar-refractivity contribution in [2.24, 2.45) is 14.1 Å². The van der Waals surface area contributed by atoms with Gasteiger partial charge in [0.25, 0.3) is 5.19 Å². The predicted octanol–water partition coefficient (Wildman–Crippen LogP) is 0.983. The third kappa shape index (κ3) is 2.35. The third-order valence-electron chi connectivity index (χ3n) is 3.17. The molecule has 0 aromatic carbocycles. The summed E-state index contributed by atoms with van der Waals surface area (Å²) >= 11 is 1.24. The summed E-state index contributed by atoms with van der Waals surface area (Å²) in [6.07, 6.45) is 3.61. The van der Waals surface area contributed by atoms with Crippen molar-refractivity contribution in [1.29, 1.82) is 0 Å². The van der Waals surface area contributed by atoms with E-state index in [1.54, 1.807) is 17.7 Å². The molecule has 0 N–H and O–H groups in total. The number of hydrogen-bond donors (Lipinski definition) is 0. The lowest BCUT2D eigenvalue weighted by molar-refractivity contribution is 0.303. The lowest BCUT2D eigenvalue weighted by Crippen LogP contribution is -2.22. The normalized spacial score (nSPS) is 11.5. The standard InChI is InChI=1S/C13H14N6O2S/c1-4-10-9(8-21-12-14-5-6-22-12)11(7-17(10)2)19-13(20)18(3)15-16-19/h4-7H,1,8H2,2-3H3/i5T. The monoisotopic (exact) mass is 320 g/mol. The Morgan fingerprint density at radius 3 is 2.91 bits per heavy atom. The second-order valence-corrected chi connectivity index (χ2v) is 5.34. The van der Waals surface area contributed by atoms with Gasteiger partial charge in [0.2, 0.25) is 0 Å². The van der Waals surface area contributed by atoms with E-state index >= 15 is 0 Å². The summed E-state index contributed by atoms with van der Waals surface area (Å²) in [5.41, 5.74) is 1.77. The molecule has 22 heavy (non-hydrogen) atoms. The predicted molar refractivity (Wildman–Crippen MR) is 82.1 cm³/mol. The molecular formula is C13H14N6O2S. The molecule has 0 aliphatic rings. The van der Waals surface area contributed by atoms with Crippen molar-refractivity contribution in [1.82, 2.24) is 29.3 Å². The number of thiazole rings is 1. The first kappa shape index (κ1) is 13.0. The molecule has 3 rings (SSSR count). The molecular weight excluding hydrogens is 304 g/mol. The van der Waals surface area contributed by atoms with Crippen LogP contribution in [0.4, 0.5) is 0 Å². The second-order valence-electron chi connectivity index (χ2n) is 4.52. The van der Waals surface area contributed by atoms with Gasteiger partial charge in [0.1, 0.15) is 6.61 Å². The third-order valence-corrected chi connectivity index (χ3v) is 3.80. The van der Waals surface area contributed by atoms with Gasteiger partial charge in [-0.2, -0.15) is 9.36 Å². The van der Waals surface area contributed by atoms with Crippen LogP contribution >= 0.6 is 11.3 Å². The van der Waals surface area contributed by atoms with Gasteiger partial charge in [0.15, 0.2) is 0 Å². The SMILES string of the molecule is [3H]c1csc(OCc2c(-n3nnn(C)c3=O)cn(C)c2C=C)n1. The Hall–Kier alpha value is -2.68. The molecule has 0 amide bonds. The highest BCUT2D eigenvalue weighted by molar-refractivity contribution is 7.11. The average molecular weight is 320 g/mol. The van der Waals surface area contributed by atoms with Gasteiger partial charge in [-0.3, -0.25) is 0 Å². The van der Waals surface area contributed by atoms with Crippen molar-refractivity contribution < 1.29 is 6.11 Å². The van der Waals surface area contributed by atoms with Crippen LogP contribution in [-0.2, 0) is 20.7 Å². The summed E-state index contributed by atoms with van der Waals surface area (Å²) in [6, 6.07) is 0. The fourth-order valence-electron chi connectivity index (χ4n) is 2.12. The lowest BCUT2D eigenvalue weighted by Gasteiger charge is -2.05. The number of aromatic nitrogens is 6. The number of tetrazole rings is 1. The molecule has 0 saturated heterocycles. The Bertz CT molecular complexity index is 921. The molecule has 3 heterocycles. The minimum absolute atomic E-state index is 0.160. The van der Waals surface area contributed by atoms with E-state index in [-0.39, 0.29) is 18.5 Å². The Morgan fingerprint density at radius 2 is 2.32 bits per heavy atom. The van der Waals surface area contributed by atoms with Gasteiger partial charge < -0.3 is 9.30 Å². The van der Waals surface area contributed by atoms with Crippen LogP contribution in [0, 0.1) is 0 Å². The highest BCUT2D eigenvalue weighted by atomic mass is 32.1. The van der Waals surface area contributed by atoms with Gasteiger partial charge in [0.05, 0.1) is 7.06 Å². The van der Waals surface area contributed by atoms with E-state index in [0.717, 1.165) is 15.9 Å². The minimum Gasteiger partial charge on any atom is -0.465 e. The first-order valence-corrected chi connectivity index (χ1v) is 7.24. The highest BCUT2D eigenvalue weighted by Crippen LogP contribution is 2.23. The molecule has 0 bridgehead atoms. The second kappa shape index (κ2) is 5.60. The van der Waals surface area contributed by atoms with E-state index in [2.05, 4.69) is 22.0 Å². The smallest absolute Gasteiger partial charge is 0.368 e. The van der Waals surface area contributed by atoms with Crippen molar-refractivity contribution in [2.45, 2.75) is 6.61 Å². The van der Waals surface area contributed by atoms with Crippen LogP contribution < -0.4 is 10.4 Å². The summed E-state index contributed by atoms with van der Waals surface area (Å²) in [5.74, 6) is 0. The zero-order valence-corrected chi connectivity index (χ0v) is 12.9. The van der Waals surface area contributed by atoms with Crippen LogP contribution in [0.3, 0.4) is 0 Å². The van der Waals surface area contributed by atoms with Crippen LogP contribution in [0.15, 0.2) is 29.1 Å². The zero-order valence-electron chi connectivity index (χ0n) is 13.1. The summed E-state index contributed by atoms with van der Waals surface area (Å²) in [5, 5.41) is 9.57. The van der Waals surface area contributed by atoms with E-state index < -0.39 is 0 Å². The van der Waals surface area contributed by atoms with Crippen LogP contribution in [-0.4, -0.2) is 29.3 Å². The molecule has 114 valence electrons. The van der Waals surface area contributed by atoms with Gasteiger partial charge in [0, 0.05) is 43.1 Å². The molecule has 0 unspecified atom stereocenters.